The minimum absolute atomic E-state index is 0.142. The standard InChI is InChI=1S/C21H31N5O5/c1-7-8-26-17-15(18(28)23-20(26)30)11-14(12-22-17)19(29)25(10-9-24(5)6)13-16(27)31-21(2,3)4/h11-12H,7-10,13H2,1-6H3,(H,23,28,30). The molecule has 0 aliphatic carbocycles. The highest BCUT2D eigenvalue weighted by Crippen LogP contribution is 2.13. The van der Waals surface area contributed by atoms with Crippen molar-refractivity contribution in [2.24, 2.45) is 0 Å². The fraction of sp³-hybridized carbons (Fsp3) is 0.571. The van der Waals surface area contributed by atoms with E-state index in [1.165, 1.54) is 21.7 Å². The Kier molecular flexibility index (Phi) is 7.72. The van der Waals surface area contributed by atoms with Gasteiger partial charge in [-0.1, -0.05) is 6.92 Å². The minimum atomic E-state index is -0.673. The maximum absolute atomic E-state index is 13.2. The van der Waals surface area contributed by atoms with Crippen LogP contribution in [0.5, 0.6) is 0 Å². The van der Waals surface area contributed by atoms with Crippen molar-refractivity contribution in [1.29, 1.82) is 0 Å². The lowest BCUT2D eigenvalue weighted by atomic mass is 10.2. The Morgan fingerprint density at radius 3 is 2.45 bits per heavy atom. The van der Waals surface area contributed by atoms with Crippen LogP contribution in [0.3, 0.4) is 0 Å². The van der Waals surface area contributed by atoms with Gasteiger partial charge in [0.15, 0.2) is 0 Å². The number of hydrogen-bond acceptors (Lipinski definition) is 7. The van der Waals surface area contributed by atoms with E-state index in [-0.39, 0.29) is 29.7 Å². The zero-order valence-electron chi connectivity index (χ0n) is 19.0. The van der Waals surface area contributed by atoms with E-state index in [1.807, 2.05) is 25.9 Å². The van der Waals surface area contributed by atoms with Crippen LogP contribution in [0.2, 0.25) is 0 Å². The van der Waals surface area contributed by atoms with Gasteiger partial charge in [0, 0.05) is 25.8 Å². The van der Waals surface area contributed by atoms with Crippen molar-refractivity contribution in [3.8, 4) is 0 Å². The lowest BCUT2D eigenvalue weighted by Crippen LogP contribution is -2.42. The van der Waals surface area contributed by atoms with Crippen molar-refractivity contribution in [3.05, 3.63) is 38.7 Å². The third-order valence-corrected chi connectivity index (χ3v) is 4.37. The Labute approximate surface area is 180 Å². The van der Waals surface area contributed by atoms with Gasteiger partial charge in [-0.25, -0.2) is 9.78 Å². The van der Waals surface area contributed by atoms with Crippen molar-refractivity contribution >= 4 is 22.9 Å². The summed E-state index contributed by atoms with van der Waals surface area (Å²) in [5.74, 6) is -0.974. The van der Waals surface area contributed by atoms with Crippen LogP contribution in [0.1, 0.15) is 44.5 Å². The predicted molar refractivity (Wildman–Crippen MR) is 117 cm³/mol. The fourth-order valence-electron chi connectivity index (χ4n) is 3.00. The van der Waals surface area contributed by atoms with Crippen molar-refractivity contribution in [3.63, 3.8) is 0 Å². The molecule has 0 aliphatic rings. The summed E-state index contributed by atoms with van der Waals surface area (Å²) in [4.78, 5) is 59.7. The molecule has 170 valence electrons. The summed E-state index contributed by atoms with van der Waals surface area (Å²) in [5.41, 5.74) is -1.44. The molecule has 0 spiro atoms. The van der Waals surface area contributed by atoms with E-state index in [2.05, 4.69) is 9.97 Å². The van der Waals surface area contributed by atoms with Crippen LogP contribution in [0.4, 0.5) is 0 Å². The largest absolute Gasteiger partial charge is 0.459 e. The molecule has 0 atom stereocenters. The van der Waals surface area contributed by atoms with Crippen LogP contribution >= 0.6 is 0 Å². The normalized spacial score (nSPS) is 11.7. The second-order valence-electron chi connectivity index (χ2n) is 8.62. The molecule has 0 fully saturated rings. The Hall–Kier alpha value is -3.01. The number of ether oxygens (including phenoxy) is 1. The summed E-state index contributed by atoms with van der Waals surface area (Å²) in [5, 5.41) is 0.142. The molecule has 0 saturated heterocycles. The van der Waals surface area contributed by atoms with Crippen molar-refractivity contribution < 1.29 is 14.3 Å². The van der Waals surface area contributed by atoms with E-state index in [9.17, 15) is 19.2 Å². The van der Waals surface area contributed by atoms with E-state index < -0.39 is 28.7 Å². The second kappa shape index (κ2) is 9.86. The average Bonchev–Trinajstić information content (AvgIpc) is 2.66. The number of H-pyrrole nitrogens is 1. The molecule has 2 rings (SSSR count). The number of fused-ring (bicyclic) bond motifs is 1. The van der Waals surface area contributed by atoms with Gasteiger partial charge in [0.1, 0.15) is 17.8 Å². The first kappa shape index (κ1) is 24.3. The molecule has 0 aliphatic heterocycles. The number of amides is 1. The SMILES string of the molecule is CCCn1c(=O)[nH]c(=O)c2cc(C(=O)N(CCN(C)C)CC(=O)OC(C)(C)C)cnc21. The van der Waals surface area contributed by atoms with E-state index in [0.29, 0.717) is 19.5 Å². The summed E-state index contributed by atoms with van der Waals surface area (Å²) in [7, 11) is 3.72. The fourth-order valence-corrected chi connectivity index (χ4v) is 3.00. The van der Waals surface area contributed by atoms with Gasteiger partial charge >= 0.3 is 11.7 Å². The number of pyridine rings is 1. The van der Waals surface area contributed by atoms with Crippen LogP contribution in [-0.4, -0.2) is 75.5 Å². The van der Waals surface area contributed by atoms with Crippen molar-refractivity contribution in [2.45, 2.75) is 46.3 Å². The summed E-state index contributed by atoms with van der Waals surface area (Å²) >= 11 is 0. The molecule has 0 unspecified atom stereocenters. The van der Waals surface area contributed by atoms with Gasteiger partial charge in [0.25, 0.3) is 11.5 Å². The number of likely N-dealkylation sites (N-methyl/N-ethyl adjacent to an activating group) is 1. The summed E-state index contributed by atoms with van der Waals surface area (Å²) in [6.45, 7) is 8.15. The first-order valence-corrected chi connectivity index (χ1v) is 10.2. The molecule has 2 aromatic rings. The number of nitrogens with one attached hydrogen (secondary N) is 1. The molecule has 31 heavy (non-hydrogen) atoms. The Morgan fingerprint density at radius 2 is 1.87 bits per heavy atom. The zero-order valence-corrected chi connectivity index (χ0v) is 19.0. The Morgan fingerprint density at radius 1 is 1.19 bits per heavy atom. The van der Waals surface area contributed by atoms with Gasteiger partial charge in [-0.15, -0.1) is 0 Å². The van der Waals surface area contributed by atoms with Crippen LogP contribution in [-0.2, 0) is 16.1 Å². The maximum Gasteiger partial charge on any atom is 0.329 e. The average molecular weight is 434 g/mol. The van der Waals surface area contributed by atoms with Crippen LogP contribution < -0.4 is 11.2 Å². The molecule has 2 aromatic heterocycles. The zero-order chi connectivity index (χ0) is 23.3. The number of aromatic amines is 1. The maximum atomic E-state index is 13.2. The van der Waals surface area contributed by atoms with Gasteiger partial charge in [-0.05, 0) is 47.4 Å². The van der Waals surface area contributed by atoms with Gasteiger partial charge in [-0.2, -0.15) is 0 Å². The molecule has 10 heteroatoms. The molecule has 1 N–H and O–H groups in total. The number of carbonyl (C=O) groups excluding carboxylic acids is 2. The predicted octanol–water partition coefficient (Wildman–Crippen LogP) is 0.840. The van der Waals surface area contributed by atoms with Crippen molar-refractivity contribution in [1.82, 2.24) is 24.3 Å². The molecule has 0 saturated carbocycles. The molecular weight excluding hydrogens is 402 g/mol. The van der Waals surface area contributed by atoms with Crippen molar-refractivity contribution in [2.75, 3.05) is 33.7 Å². The molecule has 0 bridgehead atoms. The first-order valence-electron chi connectivity index (χ1n) is 10.2. The molecule has 2 heterocycles. The van der Waals surface area contributed by atoms with E-state index in [1.54, 1.807) is 20.8 Å². The molecular formula is C21H31N5O5. The second-order valence-corrected chi connectivity index (χ2v) is 8.62. The summed E-state index contributed by atoms with van der Waals surface area (Å²) < 4.78 is 6.72. The monoisotopic (exact) mass is 433 g/mol. The highest BCUT2D eigenvalue weighted by atomic mass is 16.6. The lowest BCUT2D eigenvalue weighted by molar-refractivity contribution is -0.155. The summed E-state index contributed by atoms with van der Waals surface area (Å²) in [6, 6.07) is 1.41. The molecule has 0 radical (unpaired) electrons. The Balaban J connectivity index is 2.41. The van der Waals surface area contributed by atoms with Gasteiger partial charge in [-0.3, -0.25) is 23.9 Å². The smallest absolute Gasteiger partial charge is 0.329 e. The van der Waals surface area contributed by atoms with Crippen LogP contribution in [0.15, 0.2) is 21.9 Å². The number of nitrogens with zero attached hydrogens (tertiary/aromatic N) is 4. The first-order chi connectivity index (χ1) is 14.4. The quantitative estimate of drug-likeness (QED) is 0.613. The summed E-state index contributed by atoms with van der Waals surface area (Å²) in [6.07, 6.45) is 2.01. The highest BCUT2D eigenvalue weighted by molar-refractivity contribution is 5.98. The van der Waals surface area contributed by atoms with E-state index >= 15 is 0 Å². The van der Waals surface area contributed by atoms with Gasteiger partial charge in [0.2, 0.25) is 0 Å². The van der Waals surface area contributed by atoms with Crippen LogP contribution in [0.25, 0.3) is 11.0 Å². The number of hydrogen-bond donors (Lipinski definition) is 1. The highest BCUT2D eigenvalue weighted by Gasteiger charge is 2.24. The number of rotatable bonds is 8. The topological polar surface area (TPSA) is 118 Å². The molecule has 1 amide bonds. The Bertz CT molecular complexity index is 1060. The number of aromatic nitrogens is 3. The third-order valence-electron chi connectivity index (χ3n) is 4.37. The molecule has 0 aromatic carbocycles. The van der Waals surface area contributed by atoms with Gasteiger partial charge < -0.3 is 14.5 Å². The molecule has 10 nitrogen and oxygen atoms in total. The minimum Gasteiger partial charge on any atom is -0.459 e. The lowest BCUT2D eigenvalue weighted by Gasteiger charge is -2.26. The van der Waals surface area contributed by atoms with E-state index in [0.717, 1.165) is 0 Å². The van der Waals surface area contributed by atoms with Gasteiger partial charge in [0.05, 0.1) is 10.9 Å². The van der Waals surface area contributed by atoms with E-state index in [4.69, 9.17) is 4.74 Å². The number of esters is 1. The third kappa shape index (κ3) is 6.48. The number of aryl methyl sites for hydroxylation is 1. The van der Waals surface area contributed by atoms with Crippen LogP contribution in [0, 0.1) is 0 Å². The number of carbonyl (C=O) groups is 2.